The van der Waals surface area contributed by atoms with E-state index in [0.29, 0.717) is 6.10 Å². The molecule has 0 aliphatic heterocycles. The summed E-state index contributed by atoms with van der Waals surface area (Å²) >= 11 is 0. The highest BCUT2D eigenvalue weighted by Crippen LogP contribution is 2.19. The van der Waals surface area contributed by atoms with Gasteiger partial charge in [-0.15, -0.1) is 5.10 Å². The van der Waals surface area contributed by atoms with E-state index in [4.69, 9.17) is 10.2 Å². The Morgan fingerprint density at radius 3 is 1.92 bits per heavy atom. The van der Waals surface area contributed by atoms with E-state index < -0.39 is 8.32 Å². The van der Waals surface area contributed by atoms with E-state index in [2.05, 4.69) is 37.3 Å². The Kier molecular flexibility index (Phi) is 16.0. The summed E-state index contributed by atoms with van der Waals surface area (Å²) in [6.07, 6.45) is 16.3. The highest BCUT2D eigenvalue weighted by Gasteiger charge is 2.22. The Balaban J connectivity index is 0.00000194. The molecule has 0 spiro atoms. The van der Waals surface area contributed by atoms with Crippen molar-refractivity contribution in [2.24, 2.45) is 5.73 Å². The van der Waals surface area contributed by atoms with E-state index in [1.807, 2.05) is 17.8 Å². The van der Waals surface area contributed by atoms with Gasteiger partial charge in [-0.1, -0.05) is 63.5 Å². The van der Waals surface area contributed by atoms with Crippen molar-refractivity contribution in [1.29, 1.82) is 0 Å². The van der Waals surface area contributed by atoms with Crippen molar-refractivity contribution in [3.05, 3.63) is 12.4 Å². The topological polar surface area (TPSA) is 66.0 Å². The number of hydrogen-bond acceptors (Lipinski definition) is 4. The van der Waals surface area contributed by atoms with Crippen LogP contribution in [0.25, 0.3) is 0 Å². The minimum absolute atomic E-state index is 0.390. The smallest absolute Gasteiger partial charge is 0.187 e. The number of unbranched alkanes of at least 4 members (excludes halogenated alkanes) is 8. The third-order valence-electron chi connectivity index (χ3n) is 4.19. The molecule has 1 aromatic heterocycles. The van der Waals surface area contributed by atoms with Crippen LogP contribution in [0, 0.1) is 0 Å². The fraction of sp³-hybridized carbons (Fsp3) is 0.900. The number of nitrogens with zero attached hydrogens (tertiary/aromatic N) is 3. The molecule has 0 saturated heterocycles. The van der Waals surface area contributed by atoms with Gasteiger partial charge in [-0.2, -0.15) is 0 Å². The molecule has 0 unspecified atom stereocenters. The third-order valence-corrected chi connectivity index (χ3v) is 6.86. The Labute approximate surface area is 163 Å². The number of aromatic nitrogens is 3. The van der Waals surface area contributed by atoms with Gasteiger partial charge in [-0.25, -0.2) is 0 Å². The van der Waals surface area contributed by atoms with Crippen molar-refractivity contribution in [2.45, 2.75) is 110 Å². The number of rotatable bonds is 14. The molecule has 1 heterocycles. The lowest BCUT2D eigenvalue weighted by Gasteiger charge is -2.25. The summed E-state index contributed by atoms with van der Waals surface area (Å²) in [7, 11) is -1.39. The van der Waals surface area contributed by atoms with E-state index in [-0.39, 0.29) is 0 Å². The number of hydrogen-bond donors (Lipinski definition) is 1. The molecule has 26 heavy (non-hydrogen) atoms. The predicted molar refractivity (Wildman–Crippen MR) is 115 cm³/mol. The molecule has 5 nitrogen and oxygen atoms in total. The average molecular weight is 385 g/mol. The molecule has 0 aliphatic carbocycles. The molecule has 154 valence electrons. The van der Waals surface area contributed by atoms with E-state index in [1.165, 1.54) is 63.8 Å². The average Bonchev–Trinajstić information content (AvgIpc) is 3.05. The van der Waals surface area contributed by atoms with Gasteiger partial charge in [-0.3, -0.25) is 4.68 Å². The monoisotopic (exact) mass is 384 g/mol. The summed E-state index contributed by atoms with van der Waals surface area (Å²) in [5.41, 5.74) is 4.85. The molecule has 0 aliphatic rings. The molecule has 2 N–H and O–H groups in total. The maximum atomic E-state index is 6.08. The van der Waals surface area contributed by atoms with Crippen LogP contribution in [-0.2, 0) is 11.0 Å². The van der Waals surface area contributed by atoms with Gasteiger partial charge in [-0.05, 0) is 46.0 Å². The van der Waals surface area contributed by atoms with Crippen LogP contribution >= 0.6 is 0 Å². The molecule has 0 fully saturated rings. The van der Waals surface area contributed by atoms with Crippen LogP contribution in [0.5, 0.6) is 0 Å². The summed E-state index contributed by atoms with van der Waals surface area (Å²) in [5.74, 6) is 0. The first kappa shape index (κ1) is 25.3. The summed E-state index contributed by atoms with van der Waals surface area (Å²) in [5, 5.41) is 7.81. The van der Waals surface area contributed by atoms with Crippen molar-refractivity contribution < 1.29 is 4.43 Å². The predicted octanol–water partition coefficient (Wildman–Crippen LogP) is 5.38. The van der Waals surface area contributed by atoms with Crippen LogP contribution in [0.2, 0.25) is 19.1 Å². The van der Waals surface area contributed by atoms with Crippen LogP contribution in [0.15, 0.2) is 12.4 Å². The largest absolute Gasteiger partial charge is 0.415 e. The number of aryl methyl sites for hydroxylation is 1. The lowest BCUT2D eigenvalue weighted by atomic mass is 10.1. The van der Waals surface area contributed by atoms with Gasteiger partial charge in [0.2, 0.25) is 0 Å². The Hall–Kier alpha value is -0.723. The Morgan fingerprint density at radius 1 is 0.962 bits per heavy atom. The van der Waals surface area contributed by atoms with E-state index in [1.54, 1.807) is 6.20 Å². The molecular formula is C20H44N4OSi. The first-order valence-corrected chi connectivity index (χ1v) is 13.7. The van der Waals surface area contributed by atoms with E-state index in [9.17, 15) is 0 Å². The second kappa shape index (κ2) is 16.5. The maximum Gasteiger partial charge on any atom is 0.187 e. The fourth-order valence-electron chi connectivity index (χ4n) is 3.11. The van der Waals surface area contributed by atoms with Crippen molar-refractivity contribution in [3.8, 4) is 0 Å². The Morgan fingerprint density at radius 2 is 1.46 bits per heavy atom. The molecule has 0 atom stereocenters. The molecule has 1 aromatic rings. The number of nitrogens with two attached hydrogens (primary N) is 1. The van der Waals surface area contributed by atoms with Crippen molar-refractivity contribution in [3.63, 3.8) is 0 Å². The molecule has 0 aromatic carbocycles. The van der Waals surface area contributed by atoms with Crippen molar-refractivity contribution in [1.82, 2.24) is 15.0 Å². The minimum Gasteiger partial charge on any atom is -0.415 e. The van der Waals surface area contributed by atoms with Gasteiger partial charge in [0, 0.05) is 18.8 Å². The lowest BCUT2D eigenvalue weighted by molar-refractivity contribution is 0.230. The molecule has 1 rings (SSSR count). The molecular weight excluding hydrogens is 340 g/mol. The Bertz CT molecular complexity index is 397. The first-order chi connectivity index (χ1) is 12.4. The zero-order chi connectivity index (χ0) is 19.7. The zero-order valence-corrected chi connectivity index (χ0v) is 19.0. The van der Waals surface area contributed by atoms with Gasteiger partial charge in [0.15, 0.2) is 8.32 Å². The van der Waals surface area contributed by atoms with Crippen LogP contribution in [0.3, 0.4) is 0 Å². The standard InChI is InChI=1S/C18H37N3OSi.C2H7N/c1-18(2)22-23(3,4)17-13-11-9-7-5-6-8-10-12-15-21-16-14-19-20-21;1-2-3/h14,16,18H,5-13,15,17H2,1-4H3;2-3H2,1H3. The van der Waals surface area contributed by atoms with Crippen molar-refractivity contribution in [2.75, 3.05) is 6.54 Å². The molecule has 0 bridgehead atoms. The minimum atomic E-state index is -1.39. The SMILES string of the molecule is CC(C)O[Si](C)(C)CCCCCCCCCCCn1ccnn1.CCN. The van der Waals surface area contributed by atoms with Crippen LogP contribution in [0.1, 0.15) is 78.6 Å². The molecule has 0 radical (unpaired) electrons. The van der Waals surface area contributed by atoms with Crippen LogP contribution < -0.4 is 5.73 Å². The van der Waals surface area contributed by atoms with E-state index in [0.717, 1.165) is 13.1 Å². The lowest BCUT2D eigenvalue weighted by Crippen LogP contribution is -2.33. The molecule has 6 heteroatoms. The normalized spacial score (nSPS) is 11.5. The molecule has 0 saturated carbocycles. The first-order valence-electron chi connectivity index (χ1n) is 10.6. The highest BCUT2D eigenvalue weighted by atomic mass is 28.4. The summed E-state index contributed by atoms with van der Waals surface area (Å²) in [6, 6.07) is 1.31. The zero-order valence-electron chi connectivity index (χ0n) is 18.0. The van der Waals surface area contributed by atoms with Gasteiger partial charge in [0.1, 0.15) is 0 Å². The van der Waals surface area contributed by atoms with Gasteiger partial charge in [0.25, 0.3) is 0 Å². The van der Waals surface area contributed by atoms with Gasteiger partial charge < -0.3 is 10.2 Å². The summed E-state index contributed by atoms with van der Waals surface area (Å²) in [6.45, 7) is 12.7. The summed E-state index contributed by atoms with van der Waals surface area (Å²) in [4.78, 5) is 0. The van der Waals surface area contributed by atoms with Crippen molar-refractivity contribution >= 4 is 8.32 Å². The van der Waals surface area contributed by atoms with Gasteiger partial charge in [0.05, 0.1) is 6.20 Å². The van der Waals surface area contributed by atoms with Crippen LogP contribution in [-0.4, -0.2) is 36.0 Å². The molecule has 0 amide bonds. The van der Waals surface area contributed by atoms with E-state index >= 15 is 0 Å². The van der Waals surface area contributed by atoms with Gasteiger partial charge >= 0.3 is 0 Å². The fourth-order valence-corrected chi connectivity index (χ4v) is 5.61. The second-order valence-corrected chi connectivity index (χ2v) is 12.2. The van der Waals surface area contributed by atoms with Crippen LogP contribution in [0.4, 0.5) is 0 Å². The highest BCUT2D eigenvalue weighted by molar-refractivity contribution is 6.71. The maximum absolute atomic E-state index is 6.08. The summed E-state index contributed by atoms with van der Waals surface area (Å²) < 4.78 is 8.00. The quantitative estimate of drug-likeness (QED) is 0.345. The second-order valence-electron chi connectivity index (χ2n) is 7.93. The third kappa shape index (κ3) is 16.7.